The van der Waals surface area contributed by atoms with Crippen LogP contribution in [0.5, 0.6) is 0 Å². The molecule has 4 rings (SSSR count). The van der Waals surface area contributed by atoms with Crippen LogP contribution < -0.4 is 11.5 Å². The zero-order valence-electron chi connectivity index (χ0n) is 28.0. The molecule has 0 aliphatic heterocycles. The molecule has 0 saturated heterocycles. The smallest absolute Gasteiger partial charge is 0.0316 e. The zero-order valence-corrected chi connectivity index (χ0v) is 28.0. The van der Waals surface area contributed by atoms with Crippen molar-refractivity contribution in [2.24, 2.45) is 0 Å². The number of anilines is 2. The van der Waals surface area contributed by atoms with E-state index >= 15 is 0 Å². The normalized spacial score (nSPS) is 13.5. The van der Waals surface area contributed by atoms with E-state index in [1.165, 1.54) is 109 Å². The SMILES string of the molecule is CCCCCCCCCCCC(c1ccc(C(C)c2ccc(N)cc2C)cc1)c1ccc(C(C)c2ccc(N)cc2C)cc1. The van der Waals surface area contributed by atoms with Crippen LogP contribution in [-0.2, 0) is 0 Å². The summed E-state index contributed by atoms with van der Waals surface area (Å²) in [6.45, 7) is 11.2. The molecule has 0 aliphatic carbocycles. The van der Waals surface area contributed by atoms with Crippen LogP contribution in [0.2, 0.25) is 0 Å². The van der Waals surface area contributed by atoms with Gasteiger partial charge in [0.1, 0.15) is 0 Å². The highest BCUT2D eigenvalue weighted by molar-refractivity contribution is 5.49. The average molecular weight is 589 g/mol. The first-order chi connectivity index (χ1) is 21.3. The molecular weight excluding hydrogens is 532 g/mol. The highest BCUT2D eigenvalue weighted by Gasteiger charge is 2.18. The van der Waals surface area contributed by atoms with E-state index in [0.717, 1.165) is 11.4 Å². The molecule has 4 aromatic rings. The Balaban J connectivity index is 1.49. The van der Waals surface area contributed by atoms with Gasteiger partial charge in [-0.3, -0.25) is 0 Å². The van der Waals surface area contributed by atoms with E-state index in [1.807, 2.05) is 12.1 Å². The molecule has 0 saturated carbocycles. The van der Waals surface area contributed by atoms with Gasteiger partial charge in [-0.1, -0.05) is 139 Å². The van der Waals surface area contributed by atoms with Crippen LogP contribution in [-0.4, -0.2) is 0 Å². The Morgan fingerprint density at radius 2 is 0.841 bits per heavy atom. The van der Waals surface area contributed by atoms with Crippen LogP contribution in [0.25, 0.3) is 0 Å². The van der Waals surface area contributed by atoms with Gasteiger partial charge in [-0.05, 0) is 89.0 Å². The molecule has 4 N–H and O–H groups in total. The molecule has 44 heavy (non-hydrogen) atoms. The number of nitrogen functional groups attached to an aromatic ring is 2. The lowest BCUT2D eigenvalue weighted by molar-refractivity contribution is 0.545. The maximum atomic E-state index is 6.03. The van der Waals surface area contributed by atoms with Gasteiger partial charge < -0.3 is 11.5 Å². The number of hydrogen-bond acceptors (Lipinski definition) is 2. The van der Waals surface area contributed by atoms with Gasteiger partial charge in [-0.15, -0.1) is 0 Å². The monoisotopic (exact) mass is 588 g/mol. The molecule has 0 radical (unpaired) electrons. The maximum absolute atomic E-state index is 6.03. The van der Waals surface area contributed by atoms with Crippen molar-refractivity contribution in [1.82, 2.24) is 0 Å². The molecule has 0 bridgehead atoms. The largest absolute Gasteiger partial charge is 0.399 e. The fourth-order valence-electron chi connectivity index (χ4n) is 6.95. The van der Waals surface area contributed by atoms with Crippen molar-refractivity contribution in [3.8, 4) is 0 Å². The Hall–Kier alpha value is -3.52. The number of unbranched alkanes of at least 4 members (excludes halogenated alkanes) is 8. The summed E-state index contributed by atoms with van der Waals surface area (Å²) in [6, 6.07) is 31.5. The molecule has 0 aliphatic rings. The number of aryl methyl sites for hydroxylation is 2. The van der Waals surface area contributed by atoms with Crippen LogP contribution in [0.3, 0.4) is 0 Å². The van der Waals surface area contributed by atoms with E-state index < -0.39 is 0 Å². The summed E-state index contributed by atoms with van der Waals surface area (Å²) < 4.78 is 0. The summed E-state index contributed by atoms with van der Waals surface area (Å²) in [4.78, 5) is 0. The van der Waals surface area contributed by atoms with Crippen molar-refractivity contribution >= 4 is 11.4 Å². The third kappa shape index (κ3) is 9.00. The minimum atomic E-state index is 0.331. The fourth-order valence-corrected chi connectivity index (χ4v) is 6.95. The minimum Gasteiger partial charge on any atom is -0.399 e. The summed E-state index contributed by atoms with van der Waals surface area (Å²) in [6.07, 6.45) is 13.4. The van der Waals surface area contributed by atoms with E-state index in [9.17, 15) is 0 Å². The van der Waals surface area contributed by atoms with Gasteiger partial charge in [0.15, 0.2) is 0 Å². The third-order valence-corrected chi connectivity index (χ3v) is 9.79. The molecule has 2 unspecified atom stereocenters. The predicted molar refractivity (Wildman–Crippen MR) is 193 cm³/mol. The lowest BCUT2D eigenvalue weighted by atomic mass is 9.83. The lowest BCUT2D eigenvalue weighted by Gasteiger charge is -2.22. The van der Waals surface area contributed by atoms with Gasteiger partial charge >= 0.3 is 0 Å². The number of hydrogen-bond donors (Lipinski definition) is 2. The number of rotatable bonds is 16. The average Bonchev–Trinajstić information content (AvgIpc) is 3.02. The van der Waals surface area contributed by atoms with Crippen LogP contribution in [0, 0.1) is 13.8 Å². The molecule has 4 aromatic carbocycles. The van der Waals surface area contributed by atoms with Gasteiger partial charge in [-0.2, -0.15) is 0 Å². The Labute approximate surface area is 268 Å². The summed E-state index contributed by atoms with van der Waals surface area (Å²) in [5.74, 6) is 1.07. The van der Waals surface area contributed by atoms with Crippen molar-refractivity contribution in [3.63, 3.8) is 0 Å². The second kappa shape index (κ2) is 16.5. The van der Waals surface area contributed by atoms with Gasteiger partial charge in [0.25, 0.3) is 0 Å². The van der Waals surface area contributed by atoms with Crippen LogP contribution in [0.4, 0.5) is 11.4 Å². The summed E-state index contributed by atoms with van der Waals surface area (Å²) in [7, 11) is 0. The topological polar surface area (TPSA) is 52.0 Å². The van der Waals surface area contributed by atoms with Gasteiger partial charge in [-0.25, -0.2) is 0 Å². The molecule has 2 atom stereocenters. The zero-order chi connectivity index (χ0) is 31.5. The number of nitrogens with two attached hydrogens (primary N) is 2. The van der Waals surface area contributed by atoms with E-state index in [4.69, 9.17) is 11.5 Å². The van der Waals surface area contributed by atoms with E-state index in [1.54, 1.807) is 0 Å². The van der Waals surface area contributed by atoms with Crippen LogP contribution in [0.1, 0.15) is 147 Å². The fraction of sp³-hybridized carbons (Fsp3) is 0.429. The molecule has 0 amide bonds. The van der Waals surface area contributed by atoms with Crippen molar-refractivity contribution in [2.45, 2.75) is 117 Å². The van der Waals surface area contributed by atoms with Crippen molar-refractivity contribution in [2.75, 3.05) is 11.5 Å². The molecule has 234 valence electrons. The molecular formula is C42H56N2. The quantitative estimate of drug-likeness (QED) is 0.101. The third-order valence-electron chi connectivity index (χ3n) is 9.79. The van der Waals surface area contributed by atoms with Gasteiger partial charge in [0.2, 0.25) is 0 Å². The summed E-state index contributed by atoms with van der Waals surface area (Å²) in [5.41, 5.74) is 24.5. The molecule has 0 heterocycles. The van der Waals surface area contributed by atoms with Crippen molar-refractivity contribution in [3.05, 3.63) is 129 Å². The first-order valence-electron chi connectivity index (χ1n) is 17.2. The summed E-state index contributed by atoms with van der Waals surface area (Å²) >= 11 is 0. The first kappa shape index (κ1) is 33.4. The Morgan fingerprint density at radius 3 is 1.23 bits per heavy atom. The Kier molecular flexibility index (Phi) is 12.5. The van der Waals surface area contributed by atoms with Crippen LogP contribution >= 0.6 is 0 Å². The van der Waals surface area contributed by atoms with E-state index in [2.05, 4.69) is 107 Å². The molecule has 0 spiro atoms. The second-order valence-electron chi connectivity index (χ2n) is 13.2. The molecule has 2 heteroatoms. The highest BCUT2D eigenvalue weighted by Crippen LogP contribution is 2.35. The maximum Gasteiger partial charge on any atom is 0.0316 e. The molecule has 0 aromatic heterocycles. The van der Waals surface area contributed by atoms with Gasteiger partial charge in [0.05, 0.1) is 0 Å². The number of benzene rings is 4. The second-order valence-corrected chi connectivity index (χ2v) is 13.2. The summed E-state index contributed by atoms with van der Waals surface area (Å²) in [5, 5.41) is 0. The minimum absolute atomic E-state index is 0.331. The predicted octanol–water partition coefficient (Wildman–Crippen LogP) is 11.8. The van der Waals surface area contributed by atoms with E-state index in [-0.39, 0.29) is 0 Å². The Morgan fingerprint density at radius 1 is 0.477 bits per heavy atom. The van der Waals surface area contributed by atoms with E-state index in [0.29, 0.717) is 17.8 Å². The first-order valence-corrected chi connectivity index (χ1v) is 17.2. The van der Waals surface area contributed by atoms with Gasteiger partial charge in [0, 0.05) is 29.1 Å². The standard InChI is InChI=1S/C42H56N2/c1-6-7-8-9-10-11-12-13-14-15-42(36-20-16-34(17-21-36)32(4)40-26-24-38(43)28-30(40)2)37-22-18-35(19-23-37)33(5)41-27-25-39(44)29-31(41)3/h16-29,32-33,42H,6-15,43-44H2,1-5H3. The highest BCUT2D eigenvalue weighted by atomic mass is 14.5. The van der Waals surface area contributed by atoms with Crippen molar-refractivity contribution in [1.29, 1.82) is 0 Å². The lowest BCUT2D eigenvalue weighted by Crippen LogP contribution is -2.05. The van der Waals surface area contributed by atoms with Crippen LogP contribution in [0.15, 0.2) is 84.9 Å². The molecule has 0 fully saturated rings. The molecule has 2 nitrogen and oxygen atoms in total. The Bertz CT molecular complexity index is 1330. The van der Waals surface area contributed by atoms with Crippen molar-refractivity contribution < 1.29 is 0 Å².